The van der Waals surface area contributed by atoms with E-state index in [-0.39, 0.29) is 24.5 Å². The van der Waals surface area contributed by atoms with Crippen LogP contribution in [0.5, 0.6) is 0 Å². The van der Waals surface area contributed by atoms with Gasteiger partial charge in [0.25, 0.3) is 0 Å². The van der Waals surface area contributed by atoms with Gasteiger partial charge in [-0.15, -0.1) is 0 Å². The first-order valence-electron chi connectivity index (χ1n) is 9.54. The van der Waals surface area contributed by atoms with E-state index >= 15 is 0 Å². The molecule has 1 aliphatic heterocycles. The van der Waals surface area contributed by atoms with Crippen LogP contribution in [0.15, 0.2) is 47.1 Å². The molecule has 1 N–H and O–H groups in total. The molecule has 0 radical (unpaired) electrons. The van der Waals surface area contributed by atoms with Crippen molar-refractivity contribution in [2.45, 2.75) is 39.0 Å². The van der Waals surface area contributed by atoms with Crippen LogP contribution in [0.25, 0.3) is 11.0 Å². The summed E-state index contributed by atoms with van der Waals surface area (Å²) in [5, 5.41) is 7.80. The fraction of sp³-hybridized carbons (Fsp3) is 0.381. The summed E-state index contributed by atoms with van der Waals surface area (Å²) >= 11 is 0. The number of nitrogens with one attached hydrogen (secondary N) is 1. The highest BCUT2D eigenvalue weighted by Crippen LogP contribution is 2.19. The van der Waals surface area contributed by atoms with Crippen LogP contribution >= 0.6 is 0 Å². The van der Waals surface area contributed by atoms with Crippen molar-refractivity contribution < 1.29 is 14.1 Å². The van der Waals surface area contributed by atoms with Gasteiger partial charge < -0.3 is 19.5 Å². The molecule has 4 rings (SSSR count). The van der Waals surface area contributed by atoms with E-state index in [1.807, 2.05) is 42.6 Å². The number of anilines is 1. The van der Waals surface area contributed by atoms with Crippen molar-refractivity contribution in [2.75, 3.05) is 18.0 Å². The number of pyridine rings is 1. The Labute approximate surface area is 163 Å². The predicted octanol–water partition coefficient (Wildman–Crippen LogP) is 2.70. The molecule has 1 aliphatic rings. The minimum atomic E-state index is -0.0982. The summed E-state index contributed by atoms with van der Waals surface area (Å²) in [5.41, 5.74) is 2.30. The molecule has 0 aliphatic carbocycles. The molecule has 1 aromatic carbocycles. The third-order valence-electron chi connectivity index (χ3n) is 4.82. The van der Waals surface area contributed by atoms with Gasteiger partial charge in [0, 0.05) is 31.2 Å². The number of morpholine rings is 1. The van der Waals surface area contributed by atoms with Crippen LogP contribution in [0.1, 0.15) is 25.1 Å². The van der Waals surface area contributed by atoms with Crippen LogP contribution in [0.2, 0.25) is 0 Å². The second-order valence-electron chi connectivity index (χ2n) is 7.27. The Morgan fingerprint density at radius 1 is 1.18 bits per heavy atom. The third-order valence-corrected chi connectivity index (χ3v) is 4.82. The number of carbonyl (C=O) groups excluding carboxylic acids is 1. The lowest BCUT2D eigenvalue weighted by molar-refractivity contribution is -0.120. The largest absolute Gasteiger partial charge is 0.372 e. The summed E-state index contributed by atoms with van der Waals surface area (Å²) in [7, 11) is 0. The molecule has 1 amide bonds. The zero-order chi connectivity index (χ0) is 19.5. The zero-order valence-corrected chi connectivity index (χ0v) is 16.1. The van der Waals surface area contributed by atoms with E-state index in [0.717, 1.165) is 29.9 Å². The Kier molecular flexibility index (Phi) is 5.25. The van der Waals surface area contributed by atoms with Gasteiger partial charge in [0.2, 0.25) is 5.91 Å². The number of ether oxygens (including phenoxy) is 1. The molecule has 146 valence electrons. The van der Waals surface area contributed by atoms with Crippen molar-refractivity contribution in [1.29, 1.82) is 0 Å². The Hall–Kier alpha value is -2.93. The van der Waals surface area contributed by atoms with Crippen molar-refractivity contribution in [3.05, 3.63) is 53.9 Å². The molecular weight excluding hydrogens is 356 g/mol. The fourth-order valence-corrected chi connectivity index (χ4v) is 3.55. The van der Waals surface area contributed by atoms with Crippen LogP contribution in [0.4, 0.5) is 5.82 Å². The maximum atomic E-state index is 12.3. The number of benzene rings is 1. The van der Waals surface area contributed by atoms with Gasteiger partial charge in [0.15, 0.2) is 5.58 Å². The lowest BCUT2D eigenvalue weighted by atomic mass is 10.1. The summed E-state index contributed by atoms with van der Waals surface area (Å²) in [5.74, 6) is 0.838. The number of para-hydroxylation sites is 1. The molecule has 2 unspecified atom stereocenters. The van der Waals surface area contributed by atoms with Gasteiger partial charge >= 0.3 is 0 Å². The number of hydrogen-bond acceptors (Lipinski definition) is 6. The minimum Gasteiger partial charge on any atom is -0.372 e. The lowest BCUT2D eigenvalue weighted by Gasteiger charge is -2.36. The summed E-state index contributed by atoms with van der Waals surface area (Å²) in [6.07, 6.45) is 2.38. The van der Waals surface area contributed by atoms with E-state index in [2.05, 4.69) is 34.2 Å². The van der Waals surface area contributed by atoms with Gasteiger partial charge in [0.05, 0.1) is 18.6 Å². The van der Waals surface area contributed by atoms with Crippen LogP contribution in [0.3, 0.4) is 0 Å². The molecule has 7 heteroatoms. The number of aromatic nitrogens is 2. The minimum absolute atomic E-state index is 0.0982. The smallest absolute Gasteiger partial charge is 0.226 e. The number of nitrogens with zero attached hydrogens (tertiary/aromatic N) is 3. The highest BCUT2D eigenvalue weighted by Gasteiger charge is 2.23. The number of hydrogen-bond donors (Lipinski definition) is 1. The van der Waals surface area contributed by atoms with Crippen molar-refractivity contribution in [3.63, 3.8) is 0 Å². The van der Waals surface area contributed by atoms with Crippen molar-refractivity contribution in [1.82, 2.24) is 15.5 Å². The molecule has 0 spiro atoms. The summed E-state index contributed by atoms with van der Waals surface area (Å²) in [4.78, 5) is 19.1. The molecule has 7 nitrogen and oxygen atoms in total. The number of fused-ring (bicyclic) bond motifs is 1. The Morgan fingerprint density at radius 3 is 2.71 bits per heavy atom. The van der Waals surface area contributed by atoms with E-state index in [1.54, 1.807) is 0 Å². The van der Waals surface area contributed by atoms with Crippen LogP contribution in [-0.2, 0) is 22.5 Å². The van der Waals surface area contributed by atoms with E-state index < -0.39 is 0 Å². The average molecular weight is 380 g/mol. The maximum absolute atomic E-state index is 12.3. The molecule has 3 heterocycles. The number of carbonyl (C=O) groups is 1. The van der Waals surface area contributed by atoms with Gasteiger partial charge in [-0.2, -0.15) is 0 Å². The van der Waals surface area contributed by atoms with Crippen molar-refractivity contribution in [3.8, 4) is 0 Å². The van der Waals surface area contributed by atoms with Crippen molar-refractivity contribution in [2.24, 2.45) is 0 Å². The van der Waals surface area contributed by atoms with E-state index in [1.165, 1.54) is 0 Å². The van der Waals surface area contributed by atoms with Gasteiger partial charge in [-0.05, 0) is 37.6 Å². The fourth-order valence-electron chi connectivity index (χ4n) is 3.55. The maximum Gasteiger partial charge on any atom is 0.226 e. The molecule has 2 atom stereocenters. The van der Waals surface area contributed by atoms with Gasteiger partial charge in [-0.1, -0.05) is 23.4 Å². The first-order chi connectivity index (χ1) is 13.6. The Bertz CT molecular complexity index is 944. The van der Waals surface area contributed by atoms with Crippen LogP contribution < -0.4 is 10.2 Å². The van der Waals surface area contributed by atoms with Crippen molar-refractivity contribution >= 4 is 22.7 Å². The second kappa shape index (κ2) is 7.98. The van der Waals surface area contributed by atoms with Gasteiger partial charge in [0.1, 0.15) is 11.5 Å². The highest BCUT2D eigenvalue weighted by atomic mass is 16.5. The molecule has 28 heavy (non-hydrogen) atoms. The molecule has 2 aromatic heterocycles. The SMILES string of the molecule is CC1CN(c2ccc(CNC(=O)Cc3noc4ccccc34)cn2)CC(C)O1. The van der Waals surface area contributed by atoms with Crippen LogP contribution in [-0.4, -0.2) is 41.3 Å². The quantitative estimate of drug-likeness (QED) is 0.733. The Balaban J connectivity index is 1.33. The first-order valence-corrected chi connectivity index (χ1v) is 9.54. The molecule has 0 bridgehead atoms. The lowest BCUT2D eigenvalue weighted by Crippen LogP contribution is -2.45. The monoisotopic (exact) mass is 380 g/mol. The number of rotatable bonds is 5. The van der Waals surface area contributed by atoms with E-state index in [0.29, 0.717) is 17.8 Å². The molecule has 3 aromatic rings. The van der Waals surface area contributed by atoms with Crippen LogP contribution in [0, 0.1) is 0 Å². The first kappa shape index (κ1) is 18.4. The van der Waals surface area contributed by atoms with E-state index in [4.69, 9.17) is 9.26 Å². The summed E-state index contributed by atoms with van der Waals surface area (Å²) < 4.78 is 11.0. The Morgan fingerprint density at radius 2 is 1.96 bits per heavy atom. The molecule has 1 fully saturated rings. The average Bonchev–Trinajstić information content (AvgIpc) is 3.09. The highest BCUT2D eigenvalue weighted by molar-refractivity contribution is 5.86. The van der Waals surface area contributed by atoms with Gasteiger partial charge in [-0.25, -0.2) is 4.98 Å². The third kappa shape index (κ3) is 4.14. The molecule has 0 saturated carbocycles. The predicted molar refractivity (Wildman–Crippen MR) is 106 cm³/mol. The topological polar surface area (TPSA) is 80.5 Å². The van der Waals surface area contributed by atoms with E-state index in [9.17, 15) is 4.79 Å². The molecular formula is C21H24N4O3. The number of amides is 1. The normalized spacial score (nSPS) is 19.7. The standard InChI is InChI=1S/C21H24N4O3/c1-14-12-25(13-15(2)27-14)20-8-7-16(10-22-20)11-23-21(26)9-18-17-5-3-4-6-19(17)28-24-18/h3-8,10,14-15H,9,11-13H2,1-2H3,(H,23,26). The summed E-state index contributed by atoms with van der Waals surface area (Å²) in [6, 6.07) is 11.5. The molecule has 1 saturated heterocycles. The van der Waals surface area contributed by atoms with Gasteiger partial charge in [-0.3, -0.25) is 4.79 Å². The summed E-state index contributed by atoms with van der Waals surface area (Å²) in [6.45, 7) is 6.24. The second-order valence-corrected chi connectivity index (χ2v) is 7.27. The zero-order valence-electron chi connectivity index (χ0n) is 16.1.